The van der Waals surface area contributed by atoms with Crippen molar-refractivity contribution in [1.82, 2.24) is 0 Å². The van der Waals surface area contributed by atoms with E-state index in [1.165, 1.54) is 6.92 Å². The second-order valence-electron chi connectivity index (χ2n) is 4.70. The van der Waals surface area contributed by atoms with Crippen LogP contribution in [0.5, 0.6) is 0 Å². The Balaban J connectivity index is 0. The quantitative estimate of drug-likeness (QED) is 0.198. The summed E-state index contributed by atoms with van der Waals surface area (Å²) < 4.78 is 36.5. The third-order valence-corrected chi connectivity index (χ3v) is 4.22. The number of carboxylic acid groups (broad SMARTS) is 1. The molecule has 0 heterocycles. The zero-order valence-corrected chi connectivity index (χ0v) is 12.7. The van der Waals surface area contributed by atoms with Crippen molar-refractivity contribution in [2.75, 3.05) is 0 Å². The van der Waals surface area contributed by atoms with Gasteiger partial charge in [-0.1, -0.05) is 13.0 Å². The van der Waals surface area contributed by atoms with Crippen LogP contribution in [0.4, 0.5) is 0 Å². The number of unbranched alkanes of at least 4 members (excludes halogenated alkanes) is 1. The topological polar surface area (TPSA) is 118 Å². The van der Waals surface area contributed by atoms with Gasteiger partial charge in [-0.25, -0.2) is 4.79 Å². The number of aliphatic carboxylic acids is 1. The molecule has 0 aliphatic carbocycles. The van der Waals surface area contributed by atoms with Crippen molar-refractivity contribution in [2.24, 2.45) is 5.92 Å². The van der Waals surface area contributed by atoms with Gasteiger partial charge in [-0.2, -0.15) is 8.42 Å². The van der Waals surface area contributed by atoms with Gasteiger partial charge in [0.15, 0.2) is 0 Å². The van der Waals surface area contributed by atoms with Gasteiger partial charge in [-0.15, -0.1) is 0 Å². The molecule has 9 heteroatoms. The monoisotopic (exact) mass is 345 g/mol. The van der Waals surface area contributed by atoms with Crippen molar-refractivity contribution >= 4 is 51.6 Å². The van der Waals surface area contributed by atoms with Crippen molar-refractivity contribution in [3.8, 4) is 0 Å². The Morgan fingerprint density at radius 2 is 1.86 bits per heavy atom. The fraction of sp³-hybridized carbons (Fsp3) is 0.615. The van der Waals surface area contributed by atoms with E-state index in [9.17, 15) is 18.0 Å². The number of esters is 1. The summed E-state index contributed by atoms with van der Waals surface area (Å²) in [5.74, 6) is -2.39. The number of carbonyl (C=O) groups excluding carboxylic acids is 1. The van der Waals surface area contributed by atoms with Crippen LogP contribution >= 0.6 is 0 Å². The molecule has 0 fully saturated rings. The van der Waals surface area contributed by atoms with E-state index in [1.54, 1.807) is 0 Å². The molecular formula is C13H22NaO7S. The van der Waals surface area contributed by atoms with Crippen LogP contribution in [0.25, 0.3) is 0 Å². The summed E-state index contributed by atoms with van der Waals surface area (Å²) in [5, 5.41) is 7.18. The van der Waals surface area contributed by atoms with Gasteiger partial charge >= 0.3 is 41.5 Å². The average molecular weight is 345 g/mol. The van der Waals surface area contributed by atoms with Crippen LogP contribution in [-0.2, 0) is 24.4 Å². The van der Waals surface area contributed by atoms with Gasteiger partial charge in [0.05, 0.1) is 5.25 Å². The Morgan fingerprint density at radius 3 is 2.27 bits per heavy atom. The number of hydrogen-bond donors (Lipinski definition) is 2. The van der Waals surface area contributed by atoms with Crippen LogP contribution in [0.2, 0.25) is 0 Å². The molecule has 22 heavy (non-hydrogen) atoms. The van der Waals surface area contributed by atoms with E-state index in [1.807, 2.05) is 0 Å². The number of carbonyl (C=O) groups is 2. The standard InChI is InChI=1S/C13H21O7S.Na.H/c1-4-13(16)20-9(2)11(10(3)21(17,18)19)7-5-6-8-12(14)15;;/h4,9-11H,1,3,5-8H2,2H3,(H,14,15)(H,17,18,19);;. The zero-order valence-electron chi connectivity index (χ0n) is 11.9. The van der Waals surface area contributed by atoms with Gasteiger partial charge in [0.25, 0.3) is 10.1 Å². The molecular weight excluding hydrogens is 323 g/mol. The van der Waals surface area contributed by atoms with Crippen molar-refractivity contribution in [2.45, 2.75) is 44.0 Å². The number of carboxylic acids is 1. The molecule has 7 nitrogen and oxygen atoms in total. The maximum absolute atomic E-state index is 11.2. The second-order valence-corrected chi connectivity index (χ2v) is 6.34. The van der Waals surface area contributed by atoms with Crippen LogP contribution in [0.15, 0.2) is 12.7 Å². The van der Waals surface area contributed by atoms with Gasteiger partial charge < -0.3 is 9.84 Å². The predicted molar refractivity (Wildman–Crippen MR) is 83.2 cm³/mol. The predicted octanol–water partition coefficient (Wildman–Crippen LogP) is 0.807. The van der Waals surface area contributed by atoms with Crippen molar-refractivity contribution in [3.05, 3.63) is 19.6 Å². The van der Waals surface area contributed by atoms with E-state index in [0.29, 0.717) is 12.8 Å². The Labute approximate surface area is 153 Å². The molecule has 123 valence electrons. The van der Waals surface area contributed by atoms with E-state index in [2.05, 4.69) is 13.5 Å². The van der Waals surface area contributed by atoms with E-state index in [-0.39, 0.29) is 42.4 Å². The summed E-state index contributed by atoms with van der Waals surface area (Å²) in [6, 6.07) is 0. The van der Waals surface area contributed by atoms with Gasteiger partial charge in [0.1, 0.15) is 6.10 Å². The molecule has 3 atom stereocenters. The van der Waals surface area contributed by atoms with Crippen molar-refractivity contribution < 1.29 is 32.4 Å². The first-order valence-corrected chi connectivity index (χ1v) is 7.94. The normalized spacial score (nSPS) is 15.0. The number of rotatable bonds is 10. The first-order chi connectivity index (χ1) is 9.59. The molecule has 0 aromatic heterocycles. The summed E-state index contributed by atoms with van der Waals surface area (Å²) in [5.41, 5.74) is 0. The van der Waals surface area contributed by atoms with Gasteiger partial charge in [0.2, 0.25) is 0 Å². The maximum atomic E-state index is 11.2. The minimum absolute atomic E-state index is 0. The van der Waals surface area contributed by atoms with E-state index in [4.69, 9.17) is 14.4 Å². The van der Waals surface area contributed by atoms with Gasteiger partial charge in [-0.05, 0) is 26.7 Å². The molecule has 0 aliphatic heterocycles. The minimum atomic E-state index is -4.39. The molecule has 0 amide bonds. The fourth-order valence-corrected chi connectivity index (χ4v) is 2.72. The molecule has 0 saturated carbocycles. The van der Waals surface area contributed by atoms with E-state index in [0.717, 1.165) is 6.08 Å². The first-order valence-electron chi connectivity index (χ1n) is 6.43. The molecule has 0 saturated heterocycles. The Morgan fingerprint density at radius 1 is 1.32 bits per heavy atom. The zero-order chi connectivity index (χ0) is 16.6. The summed E-state index contributed by atoms with van der Waals surface area (Å²) >= 11 is 0. The third kappa shape index (κ3) is 9.58. The Kier molecular flexibility index (Phi) is 12.1. The second kappa shape index (κ2) is 11.2. The summed E-state index contributed by atoms with van der Waals surface area (Å²) in [4.78, 5) is 21.6. The Bertz CT molecular complexity index is 475. The Hall–Kier alpha value is -0.410. The molecule has 0 aliphatic rings. The third-order valence-electron chi connectivity index (χ3n) is 3.11. The summed E-state index contributed by atoms with van der Waals surface area (Å²) in [6.45, 7) is 8.14. The first kappa shape index (κ1) is 23.9. The van der Waals surface area contributed by atoms with Crippen molar-refractivity contribution in [1.29, 1.82) is 0 Å². The van der Waals surface area contributed by atoms with E-state index < -0.39 is 39.3 Å². The molecule has 2 N–H and O–H groups in total. The van der Waals surface area contributed by atoms with Crippen molar-refractivity contribution in [3.63, 3.8) is 0 Å². The molecule has 0 rings (SSSR count). The number of hydrogen-bond acceptors (Lipinski definition) is 5. The number of ether oxygens (including phenoxy) is 1. The average Bonchev–Trinajstić information content (AvgIpc) is 2.36. The SMILES string of the molecule is [CH2]C(C(CCCCC(=O)O)C(C)OC(=O)C=C)S(=O)(=O)O.[NaH]. The van der Waals surface area contributed by atoms with Gasteiger partial charge in [-0.3, -0.25) is 9.35 Å². The van der Waals surface area contributed by atoms with Gasteiger partial charge in [0, 0.05) is 18.4 Å². The van der Waals surface area contributed by atoms with Crippen LogP contribution in [-0.4, -0.2) is 70.9 Å². The summed E-state index contributed by atoms with van der Waals surface area (Å²) in [7, 11) is -4.39. The van der Waals surface area contributed by atoms with Crippen LogP contribution in [0.1, 0.15) is 32.6 Å². The van der Waals surface area contributed by atoms with Crippen LogP contribution < -0.4 is 0 Å². The molecule has 1 radical (unpaired) electrons. The van der Waals surface area contributed by atoms with Crippen LogP contribution in [0.3, 0.4) is 0 Å². The molecule has 0 aromatic rings. The molecule has 0 bridgehead atoms. The van der Waals surface area contributed by atoms with E-state index >= 15 is 0 Å². The molecule has 0 spiro atoms. The molecule has 0 aromatic carbocycles. The fourth-order valence-electron chi connectivity index (χ4n) is 1.92. The summed E-state index contributed by atoms with van der Waals surface area (Å²) in [6.07, 6.45) is 1.13. The molecule has 3 unspecified atom stereocenters. The van der Waals surface area contributed by atoms with Crippen LogP contribution in [0, 0.1) is 12.8 Å².